The molecule has 2 aromatic heterocycles. The molecule has 2 amide bonds. The highest BCUT2D eigenvalue weighted by Gasteiger charge is 2.48. The molecule has 2 aliphatic rings. The number of amides is 2. The molecule has 0 unspecified atom stereocenters. The quantitative estimate of drug-likeness (QED) is 0.546. The largest absolute Gasteiger partial charge is 0.433 e. The number of likely N-dealkylation sites (tertiary alicyclic amines) is 1. The Hall–Kier alpha value is -2.97. The van der Waals surface area contributed by atoms with E-state index < -0.39 is 61.3 Å². The summed E-state index contributed by atoms with van der Waals surface area (Å²) in [6.07, 6.45) is -6.05. The predicted molar refractivity (Wildman–Crippen MR) is 121 cm³/mol. The summed E-state index contributed by atoms with van der Waals surface area (Å²) in [7, 11) is 0. The average molecular weight is 551 g/mol. The molecule has 2 atom stereocenters. The van der Waals surface area contributed by atoms with Crippen LogP contribution in [0.2, 0.25) is 0 Å². The molecule has 0 saturated carbocycles. The number of pyridine rings is 1. The molecule has 0 bridgehead atoms. The molecule has 0 aliphatic carbocycles. The van der Waals surface area contributed by atoms with Crippen LogP contribution in [0.4, 0.5) is 22.0 Å². The van der Waals surface area contributed by atoms with E-state index in [-0.39, 0.29) is 55.4 Å². The van der Waals surface area contributed by atoms with E-state index in [0.29, 0.717) is 10.5 Å². The Bertz CT molecular complexity index is 1150. The van der Waals surface area contributed by atoms with Crippen LogP contribution in [0.15, 0.2) is 24.5 Å². The van der Waals surface area contributed by atoms with Crippen molar-refractivity contribution in [2.24, 2.45) is 5.73 Å². The van der Waals surface area contributed by atoms with Crippen LogP contribution in [0, 0.1) is 0 Å². The van der Waals surface area contributed by atoms with Crippen molar-refractivity contribution < 1.29 is 36.6 Å². The van der Waals surface area contributed by atoms with E-state index in [0.717, 1.165) is 0 Å². The third kappa shape index (κ3) is 6.13. The summed E-state index contributed by atoms with van der Waals surface area (Å²) in [5, 5.41) is 9.81. The fourth-order valence-corrected chi connectivity index (χ4v) is 4.29. The number of nitrogens with zero attached hydrogens (tertiary/aromatic N) is 5. The van der Waals surface area contributed by atoms with E-state index in [9.17, 15) is 36.6 Å². The molecule has 2 aromatic rings. The van der Waals surface area contributed by atoms with Crippen molar-refractivity contribution in [3.63, 3.8) is 0 Å². The fourth-order valence-electron chi connectivity index (χ4n) is 4.29. The van der Waals surface area contributed by atoms with E-state index >= 15 is 0 Å². The number of hydrogen-bond donors (Lipinski definition) is 2. The summed E-state index contributed by atoms with van der Waals surface area (Å²) in [5.41, 5.74) is 5.12. The molecule has 15 heteroatoms. The molecular formula is C22H24ClF5N6O3. The van der Waals surface area contributed by atoms with Crippen molar-refractivity contribution >= 4 is 24.2 Å². The molecule has 202 valence electrons. The molecule has 2 aliphatic heterocycles. The first-order valence-corrected chi connectivity index (χ1v) is 11.1. The number of piperidine rings is 1. The molecule has 37 heavy (non-hydrogen) atoms. The second-order valence-electron chi connectivity index (χ2n) is 8.77. The number of carbonyl (C=O) groups excluding carboxylic acids is 2. The normalized spacial score (nSPS) is 20.2. The van der Waals surface area contributed by atoms with Crippen LogP contribution in [0.25, 0.3) is 11.4 Å². The summed E-state index contributed by atoms with van der Waals surface area (Å²) in [5.74, 6) is -4.90. The van der Waals surface area contributed by atoms with Crippen LogP contribution in [-0.2, 0) is 28.7 Å². The van der Waals surface area contributed by atoms with Gasteiger partial charge in [-0.3, -0.25) is 14.6 Å². The Balaban J connectivity index is 0.00000380. The molecule has 4 heterocycles. The number of fused-ring (bicyclic) bond motifs is 1. The molecule has 4 rings (SSSR count). The van der Waals surface area contributed by atoms with E-state index in [1.165, 1.54) is 29.4 Å². The number of aliphatic hydroxyl groups is 1. The number of aromatic nitrogens is 3. The minimum atomic E-state index is -4.73. The highest BCUT2D eigenvalue weighted by Crippen LogP contribution is 2.35. The minimum Gasteiger partial charge on any atom is -0.368 e. The van der Waals surface area contributed by atoms with Crippen molar-refractivity contribution in [2.45, 2.75) is 56.6 Å². The molecule has 1 saturated heterocycles. The lowest BCUT2D eigenvalue weighted by Gasteiger charge is -2.38. The average Bonchev–Trinajstić information content (AvgIpc) is 2.83. The zero-order valence-corrected chi connectivity index (χ0v) is 20.1. The lowest BCUT2D eigenvalue weighted by Crippen LogP contribution is -2.58. The summed E-state index contributed by atoms with van der Waals surface area (Å²) >= 11 is 0. The maximum atomic E-state index is 13.8. The number of nitrogens with two attached hydrogens (primary N) is 1. The summed E-state index contributed by atoms with van der Waals surface area (Å²) < 4.78 is 68.8. The van der Waals surface area contributed by atoms with Crippen molar-refractivity contribution in [3.8, 4) is 11.4 Å². The van der Waals surface area contributed by atoms with E-state index in [1.54, 1.807) is 0 Å². The van der Waals surface area contributed by atoms with Gasteiger partial charge in [-0.2, -0.15) is 13.2 Å². The number of hydrogen-bond acceptors (Lipinski definition) is 7. The first kappa shape index (κ1) is 28.6. The summed E-state index contributed by atoms with van der Waals surface area (Å²) in [4.78, 5) is 38.5. The van der Waals surface area contributed by atoms with Gasteiger partial charge in [0.15, 0.2) is 17.7 Å². The molecule has 3 N–H and O–H groups in total. The number of carbonyl (C=O) groups is 2. The smallest absolute Gasteiger partial charge is 0.368 e. The Labute approximate surface area is 214 Å². The first-order valence-electron chi connectivity index (χ1n) is 11.1. The fraction of sp³-hybridized carbons (Fsp3) is 0.500. The monoisotopic (exact) mass is 550 g/mol. The highest BCUT2D eigenvalue weighted by atomic mass is 35.5. The van der Waals surface area contributed by atoms with Gasteiger partial charge in [0.2, 0.25) is 11.8 Å². The summed E-state index contributed by atoms with van der Waals surface area (Å²) in [6.45, 7) is -0.755. The number of alkyl halides is 5. The topological polar surface area (TPSA) is 126 Å². The van der Waals surface area contributed by atoms with Crippen molar-refractivity contribution in [1.29, 1.82) is 0 Å². The zero-order chi connectivity index (χ0) is 26.3. The van der Waals surface area contributed by atoms with Gasteiger partial charge in [0.1, 0.15) is 0 Å². The predicted octanol–water partition coefficient (Wildman–Crippen LogP) is 2.16. The van der Waals surface area contributed by atoms with Crippen LogP contribution in [0.3, 0.4) is 0 Å². The van der Waals surface area contributed by atoms with E-state index in [1.807, 2.05) is 0 Å². The van der Waals surface area contributed by atoms with E-state index in [4.69, 9.17) is 5.73 Å². The Morgan fingerprint density at radius 2 is 1.89 bits per heavy atom. The Kier molecular flexibility index (Phi) is 8.34. The molecule has 0 radical (unpaired) electrons. The Morgan fingerprint density at radius 1 is 1.22 bits per heavy atom. The Morgan fingerprint density at radius 3 is 2.54 bits per heavy atom. The third-order valence-electron chi connectivity index (χ3n) is 6.16. The van der Waals surface area contributed by atoms with Gasteiger partial charge in [0.05, 0.1) is 12.2 Å². The van der Waals surface area contributed by atoms with E-state index in [2.05, 4.69) is 15.0 Å². The van der Waals surface area contributed by atoms with Crippen LogP contribution < -0.4 is 5.73 Å². The van der Waals surface area contributed by atoms with Crippen LogP contribution in [0.1, 0.15) is 36.2 Å². The van der Waals surface area contributed by atoms with Gasteiger partial charge in [-0.15, -0.1) is 12.4 Å². The van der Waals surface area contributed by atoms with Gasteiger partial charge in [-0.1, -0.05) is 0 Å². The minimum absolute atomic E-state index is 0. The summed E-state index contributed by atoms with van der Waals surface area (Å²) in [6, 6.07) is 1.86. The molecular weight excluding hydrogens is 527 g/mol. The number of rotatable bonds is 5. The number of halogens is 6. The van der Waals surface area contributed by atoms with Crippen LogP contribution >= 0.6 is 12.4 Å². The standard InChI is InChI=1S/C22H23F5N6O3.ClH/c23-21(24)5-1-16(34)33(20(21)36)10-13(28)9-17(35)32-8-4-14-15(11-32)30-19(12-2-6-29-7-3-12)31-18(14)22(25,26)27;/h2-3,6-7,13,20,36H,1,4-5,8-11,28H2;1H/t13-,20+;/m0./s1. The SMILES string of the molecule is Cl.N[C@@H](CC(=O)N1CCc2c(nc(-c3ccncc3)nc2C(F)(F)F)C1)CN1C(=O)CCC(F)(F)[C@H]1O. The van der Waals surface area contributed by atoms with Gasteiger partial charge >= 0.3 is 6.18 Å². The van der Waals surface area contributed by atoms with Crippen molar-refractivity contribution in [1.82, 2.24) is 24.8 Å². The zero-order valence-electron chi connectivity index (χ0n) is 19.3. The maximum absolute atomic E-state index is 13.8. The molecule has 9 nitrogen and oxygen atoms in total. The van der Waals surface area contributed by atoms with Gasteiger partial charge in [0, 0.05) is 61.9 Å². The second kappa shape index (κ2) is 10.8. The van der Waals surface area contributed by atoms with Crippen LogP contribution in [0.5, 0.6) is 0 Å². The van der Waals surface area contributed by atoms with Crippen LogP contribution in [-0.4, -0.2) is 73.0 Å². The van der Waals surface area contributed by atoms with Crippen molar-refractivity contribution in [3.05, 3.63) is 41.5 Å². The maximum Gasteiger partial charge on any atom is 0.433 e. The molecule has 0 spiro atoms. The lowest BCUT2D eigenvalue weighted by atomic mass is 10.0. The van der Waals surface area contributed by atoms with Gasteiger partial charge in [-0.05, 0) is 18.6 Å². The molecule has 1 fully saturated rings. The number of aliphatic hydroxyl groups excluding tert-OH is 1. The second-order valence-corrected chi connectivity index (χ2v) is 8.77. The molecule has 0 aromatic carbocycles. The first-order chi connectivity index (χ1) is 16.9. The van der Waals surface area contributed by atoms with Gasteiger partial charge < -0.3 is 20.6 Å². The van der Waals surface area contributed by atoms with Crippen molar-refractivity contribution in [2.75, 3.05) is 13.1 Å². The lowest BCUT2D eigenvalue weighted by molar-refractivity contribution is -0.205. The third-order valence-corrected chi connectivity index (χ3v) is 6.16. The highest BCUT2D eigenvalue weighted by molar-refractivity contribution is 5.85. The van der Waals surface area contributed by atoms with Gasteiger partial charge in [-0.25, -0.2) is 18.7 Å². The van der Waals surface area contributed by atoms with Gasteiger partial charge in [0.25, 0.3) is 5.92 Å².